The normalized spacial score (nSPS) is 16.9. The van der Waals surface area contributed by atoms with Gasteiger partial charge in [0.15, 0.2) is 0 Å². The van der Waals surface area contributed by atoms with Crippen LogP contribution in [-0.2, 0) is 4.79 Å². The molecule has 6 nitrogen and oxygen atoms in total. The summed E-state index contributed by atoms with van der Waals surface area (Å²) >= 11 is 5.97. The fraction of sp³-hybridized carbons (Fsp3) is 0.500. The summed E-state index contributed by atoms with van der Waals surface area (Å²) in [5.74, 6) is 0.0651. The Morgan fingerprint density at radius 1 is 1.30 bits per heavy atom. The summed E-state index contributed by atoms with van der Waals surface area (Å²) < 4.78 is 0. The van der Waals surface area contributed by atoms with E-state index >= 15 is 0 Å². The van der Waals surface area contributed by atoms with Gasteiger partial charge in [-0.2, -0.15) is 0 Å². The number of hydrogen-bond acceptors (Lipinski definition) is 5. The van der Waals surface area contributed by atoms with Crippen LogP contribution in [0.4, 0.5) is 0 Å². The van der Waals surface area contributed by atoms with E-state index in [1.54, 1.807) is 12.1 Å². The van der Waals surface area contributed by atoms with Crippen molar-refractivity contribution >= 4 is 23.2 Å². The lowest BCUT2D eigenvalue weighted by Crippen LogP contribution is -2.58. The lowest BCUT2D eigenvalue weighted by atomic mass is 10.0. The minimum atomic E-state index is -0.301. The van der Waals surface area contributed by atoms with Gasteiger partial charge in [-0.1, -0.05) is 35.9 Å². The molecule has 1 heterocycles. The van der Waals surface area contributed by atoms with Crippen molar-refractivity contribution in [3.8, 4) is 0 Å². The van der Waals surface area contributed by atoms with E-state index in [0.717, 1.165) is 25.1 Å². The predicted molar refractivity (Wildman–Crippen MR) is 112 cm³/mol. The third kappa shape index (κ3) is 6.74. The van der Waals surface area contributed by atoms with Crippen LogP contribution in [0.1, 0.15) is 18.9 Å². The molecule has 1 fully saturated rings. The highest BCUT2D eigenvalue weighted by atomic mass is 35.5. The largest absolute Gasteiger partial charge is 0.330 e. The molecule has 2 rings (SSSR count). The maximum atomic E-state index is 12.6. The maximum Gasteiger partial charge on any atom is 0.237 e. The van der Waals surface area contributed by atoms with Gasteiger partial charge in [0.1, 0.15) is 0 Å². The molecule has 27 heavy (non-hydrogen) atoms. The van der Waals surface area contributed by atoms with Gasteiger partial charge in [0, 0.05) is 31.3 Å². The molecular weight excluding hydrogens is 362 g/mol. The number of hydrogen-bond donors (Lipinski definition) is 3. The quantitative estimate of drug-likeness (QED) is 0.247. The van der Waals surface area contributed by atoms with Crippen LogP contribution in [0.25, 0.3) is 0 Å². The maximum absolute atomic E-state index is 12.6. The van der Waals surface area contributed by atoms with Crippen LogP contribution in [0.2, 0.25) is 5.02 Å². The zero-order valence-corrected chi connectivity index (χ0v) is 16.9. The highest BCUT2D eigenvalue weighted by Gasteiger charge is 2.31. The Kier molecular flexibility index (Phi) is 8.94. The van der Waals surface area contributed by atoms with Crippen LogP contribution in [0.5, 0.6) is 0 Å². The van der Waals surface area contributed by atoms with E-state index in [1.165, 1.54) is 0 Å². The summed E-state index contributed by atoms with van der Waals surface area (Å²) in [7, 11) is 1.95. The average molecular weight is 392 g/mol. The lowest BCUT2D eigenvalue weighted by molar-refractivity contribution is -0.136. The number of benzene rings is 1. The molecule has 1 aliphatic rings. The Balaban J connectivity index is 2.00. The number of rotatable bonds is 10. The van der Waals surface area contributed by atoms with Crippen molar-refractivity contribution in [3.63, 3.8) is 0 Å². The molecule has 0 aliphatic carbocycles. The first-order valence-corrected chi connectivity index (χ1v) is 9.75. The highest BCUT2D eigenvalue weighted by molar-refractivity contribution is 6.30. The minimum Gasteiger partial charge on any atom is -0.330 e. The van der Waals surface area contributed by atoms with Crippen LogP contribution in [-0.4, -0.2) is 73.9 Å². The van der Waals surface area contributed by atoms with E-state index in [0.29, 0.717) is 37.0 Å². The molecule has 7 heteroatoms. The first kappa shape index (κ1) is 21.6. The number of halogens is 1. The monoisotopic (exact) mass is 391 g/mol. The van der Waals surface area contributed by atoms with Gasteiger partial charge >= 0.3 is 0 Å². The topological polar surface area (TPSA) is 71.5 Å². The van der Waals surface area contributed by atoms with E-state index in [9.17, 15) is 4.79 Å². The van der Waals surface area contributed by atoms with Gasteiger partial charge < -0.3 is 20.9 Å². The van der Waals surface area contributed by atoms with Crippen molar-refractivity contribution in [2.24, 2.45) is 0 Å². The Morgan fingerprint density at radius 2 is 2.04 bits per heavy atom. The Hall–Kier alpha value is -1.73. The van der Waals surface area contributed by atoms with E-state index in [-0.39, 0.29) is 11.9 Å². The molecule has 1 atom stereocenters. The number of nitrogens with one attached hydrogen (secondary N) is 3. The van der Waals surface area contributed by atoms with Crippen LogP contribution >= 0.6 is 11.6 Å². The number of carbonyl (C=O) groups excluding carboxylic acids is 1. The van der Waals surface area contributed by atoms with Crippen molar-refractivity contribution in [1.82, 2.24) is 20.4 Å². The molecule has 0 saturated carbocycles. The molecule has 1 aliphatic heterocycles. The van der Waals surface area contributed by atoms with E-state index in [4.69, 9.17) is 17.0 Å². The van der Waals surface area contributed by atoms with Crippen LogP contribution in [0, 0.1) is 5.41 Å². The summed E-state index contributed by atoms with van der Waals surface area (Å²) in [6.07, 6.45) is 5.14. The average Bonchev–Trinajstić information content (AvgIpc) is 2.65. The van der Waals surface area contributed by atoms with Crippen LogP contribution in [0.3, 0.4) is 0 Å². The molecule has 0 radical (unpaired) electrons. The summed E-state index contributed by atoms with van der Waals surface area (Å²) in [4.78, 5) is 16.4. The fourth-order valence-electron chi connectivity index (χ4n) is 3.06. The van der Waals surface area contributed by atoms with E-state index in [1.807, 2.05) is 42.0 Å². The molecule has 1 amide bonds. The fourth-order valence-corrected chi connectivity index (χ4v) is 3.19. The predicted octanol–water partition coefficient (Wildman–Crippen LogP) is 1.95. The number of allylic oxidation sites excluding steroid dienone is 1. The molecule has 0 bridgehead atoms. The van der Waals surface area contributed by atoms with E-state index in [2.05, 4.69) is 16.7 Å². The van der Waals surface area contributed by atoms with Crippen molar-refractivity contribution < 1.29 is 4.79 Å². The van der Waals surface area contributed by atoms with Gasteiger partial charge in [-0.3, -0.25) is 9.69 Å². The number of piperazine rings is 1. The second-order valence-electron chi connectivity index (χ2n) is 6.75. The molecule has 0 spiro atoms. The number of amides is 1. The molecular formula is C20H30ClN5O. The van der Waals surface area contributed by atoms with Gasteiger partial charge in [-0.15, -0.1) is 0 Å². The Morgan fingerprint density at radius 3 is 2.70 bits per heavy atom. The molecule has 1 saturated heterocycles. The first-order valence-electron chi connectivity index (χ1n) is 9.38. The zero-order valence-electron chi connectivity index (χ0n) is 16.2. The van der Waals surface area contributed by atoms with Crippen LogP contribution < -0.4 is 10.6 Å². The molecule has 3 N–H and O–H groups in total. The smallest absolute Gasteiger partial charge is 0.237 e. The van der Waals surface area contributed by atoms with Gasteiger partial charge in [-0.05, 0) is 44.6 Å². The first-order chi connectivity index (χ1) is 13.0. The van der Waals surface area contributed by atoms with Gasteiger partial charge in [0.2, 0.25) is 5.91 Å². The second-order valence-corrected chi connectivity index (χ2v) is 7.19. The highest BCUT2D eigenvalue weighted by Crippen LogP contribution is 2.15. The Bertz CT molecular complexity index is 646. The Labute approximate surface area is 167 Å². The van der Waals surface area contributed by atoms with Crippen LogP contribution in [0.15, 0.2) is 36.4 Å². The zero-order chi connectivity index (χ0) is 19.6. The molecule has 1 unspecified atom stereocenters. The third-order valence-electron chi connectivity index (χ3n) is 4.62. The number of carbonyl (C=O) groups is 1. The summed E-state index contributed by atoms with van der Waals surface area (Å²) in [6.45, 7) is 5.93. The van der Waals surface area contributed by atoms with Crippen molar-refractivity contribution in [2.75, 3.05) is 46.4 Å². The minimum absolute atomic E-state index is 0.0651. The summed E-state index contributed by atoms with van der Waals surface area (Å²) in [5.41, 5.74) is 1.23. The molecule has 0 aromatic heterocycles. The third-order valence-corrected chi connectivity index (χ3v) is 4.88. The SMILES string of the molecule is C/C=C/CCNCNCC(C(=N)c1ccc(Cl)cc1)N1CCN(C)CC1=O. The number of nitrogens with zero attached hydrogens (tertiary/aromatic N) is 2. The molecule has 1 aromatic carbocycles. The lowest BCUT2D eigenvalue weighted by Gasteiger charge is -2.38. The van der Waals surface area contributed by atoms with Gasteiger partial charge in [0.05, 0.1) is 18.3 Å². The standard InChI is InChI=1S/C20H30ClN5O/c1-3-4-5-10-23-15-24-13-18(26-12-11-25(2)14-19(26)27)20(22)16-6-8-17(21)9-7-16/h3-4,6-9,18,22-24H,5,10-15H2,1-2H3/b4-3+,22-20?. The second kappa shape index (κ2) is 11.2. The van der Waals surface area contributed by atoms with Gasteiger partial charge in [-0.25, -0.2) is 0 Å². The summed E-state index contributed by atoms with van der Waals surface area (Å²) in [6, 6.07) is 6.94. The van der Waals surface area contributed by atoms with Crippen molar-refractivity contribution in [1.29, 1.82) is 5.41 Å². The number of likely N-dealkylation sites (N-methyl/N-ethyl adjacent to an activating group) is 1. The van der Waals surface area contributed by atoms with Crippen molar-refractivity contribution in [2.45, 2.75) is 19.4 Å². The van der Waals surface area contributed by atoms with E-state index < -0.39 is 0 Å². The van der Waals surface area contributed by atoms with Crippen molar-refractivity contribution in [3.05, 3.63) is 47.0 Å². The summed E-state index contributed by atoms with van der Waals surface area (Å²) in [5, 5.41) is 16.0. The molecule has 148 valence electrons. The van der Waals surface area contributed by atoms with Gasteiger partial charge in [0.25, 0.3) is 0 Å². The molecule has 1 aromatic rings.